The highest BCUT2D eigenvalue weighted by atomic mass is 32.1. The molecule has 35 heavy (non-hydrogen) atoms. The van der Waals surface area contributed by atoms with Crippen molar-refractivity contribution in [2.24, 2.45) is 4.99 Å². The van der Waals surface area contributed by atoms with Crippen LogP contribution in [0.3, 0.4) is 0 Å². The van der Waals surface area contributed by atoms with Crippen molar-refractivity contribution in [1.29, 1.82) is 0 Å². The predicted octanol–water partition coefficient (Wildman–Crippen LogP) is 3.59. The fourth-order valence-electron chi connectivity index (χ4n) is 3.96. The molecule has 182 valence electrons. The second kappa shape index (κ2) is 10.3. The lowest BCUT2D eigenvalue weighted by Crippen LogP contribution is -2.39. The smallest absolute Gasteiger partial charge is 0.338 e. The van der Waals surface area contributed by atoms with E-state index in [4.69, 9.17) is 14.2 Å². The van der Waals surface area contributed by atoms with E-state index in [1.165, 1.54) is 11.3 Å². The SMILES string of the molecule is CCOC(=O)C1=C(C)N=c2s/c(=C\c3ccc(OC(C)C)cc3)c(=O)n2[C@H]1c1ccc(OC)cc1. The molecule has 0 spiro atoms. The number of methoxy groups -OCH3 is 1. The summed E-state index contributed by atoms with van der Waals surface area (Å²) < 4.78 is 18.4. The molecule has 1 atom stereocenters. The van der Waals surface area contributed by atoms with Crippen molar-refractivity contribution in [3.8, 4) is 11.5 Å². The fraction of sp³-hybridized carbons (Fsp3) is 0.296. The summed E-state index contributed by atoms with van der Waals surface area (Å²) >= 11 is 1.29. The summed E-state index contributed by atoms with van der Waals surface area (Å²) in [4.78, 5) is 31.7. The van der Waals surface area contributed by atoms with Crippen LogP contribution in [-0.4, -0.2) is 30.4 Å². The second-order valence-corrected chi connectivity index (χ2v) is 9.32. The van der Waals surface area contributed by atoms with Crippen molar-refractivity contribution < 1.29 is 19.0 Å². The van der Waals surface area contributed by atoms with E-state index in [2.05, 4.69) is 4.99 Å². The van der Waals surface area contributed by atoms with Crippen LogP contribution in [0.4, 0.5) is 0 Å². The number of esters is 1. The summed E-state index contributed by atoms with van der Waals surface area (Å²) in [7, 11) is 1.59. The molecule has 0 amide bonds. The zero-order valence-corrected chi connectivity index (χ0v) is 21.2. The Hall–Kier alpha value is -3.65. The highest BCUT2D eigenvalue weighted by Gasteiger charge is 2.33. The second-order valence-electron chi connectivity index (χ2n) is 8.31. The third kappa shape index (κ3) is 5.07. The molecule has 0 N–H and O–H groups in total. The number of carbonyl (C=O) groups excluding carboxylic acids is 1. The molecule has 0 fully saturated rings. The lowest BCUT2D eigenvalue weighted by atomic mass is 9.96. The summed E-state index contributed by atoms with van der Waals surface area (Å²) in [5.74, 6) is 0.974. The molecule has 0 saturated heterocycles. The van der Waals surface area contributed by atoms with Crippen LogP contribution >= 0.6 is 11.3 Å². The van der Waals surface area contributed by atoms with Crippen molar-refractivity contribution in [1.82, 2.24) is 4.57 Å². The Bertz CT molecular complexity index is 1430. The summed E-state index contributed by atoms with van der Waals surface area (Å²) in [5, 5.41) is 0. The molecule has 0 radical (unpaired) electrons. The molecule has 1 aliphatic rings. The van der Waals surface area contributed by atoms with Crippen LogP contribution < -0.4 is 24.4 Å². The van der Waals surface area contributed by atoms with Crippen LogP contribution in [0.5, 0.6) is 11.5 Å². The Balaban J connectivity index is 1.85. The third-order valence-electron chi connectivity index (χ3n) is 5.50. The van der Waals surface area contributed by atoms with Gasteiger partial charge in [0.2, 0.25) is 0 Å². The summed E-state index contributed by atoms with van der Waals surface area (Å²) in [5.41, 5.74) is 2.31. The minimum Gasteiger partial charge on any atom is -0.497 e. The van der Waals surface area contributed by atoms with Gasteiger partial charge in [0.25, 0.3) is 5.56 Å². The molecular formula is C27H28N2O5S. The van der Waals surface area contributed by atoms with Gasteiger partial charge in [0.15, 0.2) is 4.80 Å². The zero-order chi connectivity index (χ0) is 25.1. The number of ether oxygens (including phenoxy) is 3. The maximum absolute atomic E-state index is 13.6. The number of nitrogens with zero attached hydrogens (tertiary/aromatic N) is 2. The average molecular weight is 493 g/mol. The van der Waals surface area contributed by atoms with Crippen LogP contribution in [0.15, 0.2) is 69.6 Å². The average Bonchev–Trinajstić information content (AvgIpc) is 3.13. The molecule has 0 aliphatic carbocycles. The standard InChI is InChI=1S/C27H28N2O5S/c1-6-33-26(31)23-17(4)28-27-29(24(23)19-9-13-20(32-5)14-10-19)25(30)22(35-27)15-18-7-11-21(12-8-18)34-16(2)3/h7-16,24H,6H2,1-5H3/b22-15-/t24-/m0/s1. The van der Waals surface area contributed by atoms with Gasteiger partial charge in [0, 0.05) is 0 Å². The first-order valence-electron chi connectivity index (χ1n) is 11.4. The Kier molecular flexibility index (Phi) is 7.21. The maximum Gasteiger partial charge on any atom is 0.338 e. The van der Waals surface area contributed by atoms with Crippen molar-refractivity contribution >= 4 is 23.4 Å². The quantitative estimate of drug-likeness (QED) is 0.471. The van der Waals surface area contributed by atoms with Gasteiger partial charge in [0.05, 0.1) is 41.7 Å². The number of fused-ring (bicyclic) bond motifs is 1. The van der Waals surface area contributed by atoms with Crippen molar-refractivity contribution in [2.45, 2.75) is 39.8 Å². The Morgan fingerprint density at radius 3 is 2.37 bits per heavy atom. The molecule has 4 rings (SSSR count). The van der Waals surface area contributed by atoms with Gasteiger partial charge in [-0.15, -0.1) is 0 Å². The highest BCUT2D eigenvalue weighted by Crippen LogP contribution is 2.31. The van der Waals surface area contributed by atoms with Gasteiger partial charge < -0.3 is 14.2 Å². The molecule has 2 heterocycles. The molecule has 0 saturated carbocycles. The van der Waals surface area contributed by atoms with Crippen LogP contribution in [0, 0.1) is 0 Å². The first-order valence-corrected chi connectivity index (χ1v) is 12.2. The van der Waals surface area contributed by atoms with Crippen molar-refractivity contribution in [3.05, 3.63) is 90.6 Å². The minimum atomic E-state index is -0.653. The molecule has 7 nitrogen and oxygen atoms in total. The molecule has 2 aromatic carbocycles. The van der Waals surface area contributed by atoms with E-state index in [9.17, 15) is 9.59 Å². The van der Waals surface area contributed by atoms with Gasteiger partial charge >= 0.3 is 5.97 Å². The Morgan fingerprint density at radius 1 is 1.11 bits per heavy atom. The van der Waals surface area contributed by atoms with Crippen molar-refractivity contribution in [3.63, 3.8) is 0 Å². The molecular weight excluding hydrogens is 464 g/mol. The van der Waals surface area contributed by atoms with Gasteiger partial charge in [-0.1, -0.05) is 35.6 Å². The Morgan fingerprint density at radius 2 is 1.77 bits per heavy atom. The number of aromatic nitrogens is 1. The summed E-state index contributed by atoms with van der Waals surface area (Å²) in [6.07, 6.45) is 1.91. The van der Waals surface area contributed by atoms with Gasteiger partial charge in [0.1, 0.15) is 11.5 Å². The number of benzene rings is 2. The first kappa shape index (κ1) is 24.5. The van der Waals surface area contributed by atoms with Crippen molar-refractivity contribution in [2.75, 3.05) is 13.7 Å². The minimum absolute atomic E-state index is 0.0827. The number of carbonyl (C=O) groups is 1. The molecule has 3 aromatic rings. The lowest BCUT2D eigenvalue weighted by molar-refractivity contribution is -0.139. The normalized spacial score (nSPS) is 15.6. The van der Waals surface area contributed by atoms with E-state index < -0.39 is 12.0 Å². The number of rotatable bonds is 7. The third-order valence-corrected chi connectivity index (χ3v) is 6.48. The van der Waals surface area contributed by atoms with E-state index in [0.717, 1.165) is 16.9 Å². The van der Waals surface area contributed by atoms with Gasteiger partial charge in [-0.2, -0.15) is 0 Å². The largest absolute Gasteiger partial charge is 0.497 e. The number of allylic oxidation sites excluding steroid dienone is 1. The first-order chi connectivity index (χ1) is 16.8. The summed E-state index contributed by atoms with van der Waals surface area (Å²) in [6, 6.07) is 14.3. The number of thiazole rings is 1. The fourth-order valence-corrected chi connectivity index (χ4v) is 5.01. The molecule has 1 aromatic heterocycles. The van der Waals surface area contributed by atoms with Crippen LogP contribution in [0.1, 0.15) is 44.9 Å². The molecule has 0 unspecified atom stereocenters. The van der Waals surface area contributed by atoms with Gasteiger partial charge in [-0.05, 0) is 69.2 Å². The van der Waals surface area contributed by atoms with Gasteiger partial charge in [-0.3, -0.25) is 9.36 Å². The lowest BCUT2D eigenvalue weighted by Gasteiger charge is -2.24. The van der Waals surface area contributed by atoms with E-state index in [0.29, 0.717) is 26.4 Å². The van der Waals surface area contributed by atoms with Crippen LogP contribution in [-0.2, 0) is 9.53 Å². The summed E-state index contributed by atoms with van der Waals surface area (Å²) in [6.45, 7) is 7.70. The van der Waals surface area contributed by atoms with Crippen LogP contribution in [0.2, 0.25) is 0 Å². The maximum atomic E-state index is 13.6. The zero-order valence-electron chi connectivity index (χ0n) is 20.4. The number of hydrogen-bond donors (Lipinski definition) is 0. The number of hydrogen-bond acceptors (Lipinski definition) is 7. The highest BCUT2D eigenvalue weighted by molar-refractivity contribution is 7.07. The predicted molar refractivity (Wildman–Crippen MR) is 136 cm³/mol. The molecule has 8 heteroatoms. The van der Waals surface area contributed by atoms with Crippen LogP contribution in [0.25, 0.3) is 6.08 Å². The monoisotopic (exact) mass is 492 g/mol. The van der Waals surface area contributed by atoms with E-state index in [1.54, 1.807) is 25.5 Å². The topological polar surface area (TPSA) is 79.1 Å². The van der Waals surface area contributed by atoms with E-state index in [-0.39, 0.29) is 18.3 Å². The molecule has 0 bridgehead atoms. The molecule has 1 aliphatic heterocycles. The Labute approximate surface area is 207 Å². The van der Waals surface area contributed by atoms with E-state index in [1.807, 2.05) is 68.5 Å². The van der Waals surface area contributed by atoms with E-state index >= 15 is 0 Å². The van der Waals surface area contributed by atoms with Gasteiger partial charge in [-0.25, -0.2) is 9.79 Å².